The Morgan fingerprint density at radius 1 is 1.11 bits per heavy atom. The van der Waals surface area contributed by atoms with Gasteiger partial charge in [-0.15, -0.1) is 0 Å². The van der Waals surface area contributed by atoms with Crippen molar-refractivity contribution in [3.05, 3.63) is 65.5 Å². The molecule has 0 bridgehead atoms. The molecule has 28 heavy (non-hydrogen) atoms. The molecule has 0 aliphatic rings. The third-order valence-electron chi connectivity index (χ3n) is 4.42. The topological polar surface area (TPSA) is 85.1 Å². The summed E-state index contributed by atoms with van der Waals surface area (Å²) >= 11 is 0. The van der Waals surface area contributed by atoms with Gasteiger partial charge in [0.2, 0.25) is 17.6 Å². The van der Waals surface area contributed by atoms with Gasteiger partial charge in [-0.05, 0) is 30.5 Å². The smallest absolute Gasteiger partial charge is 0.227 e. The maximum atomic E-state index is 12.2. The molecule has 1 N–H and O–H groups in total. The lowest BCUT2D eigenvalue weighted by Crippen LogP contribution is -2.12. The van der Waals surface area contributed by atoms with E-state index in [4.69, 9.17) is 4.52 Å². The van der Waals surface area contributed by atoms with E-state index in [0.717, 1.165) is 5.56 Å². The highest BCUT2D eigenvalue weighted by Gasteiger charge is 2.12. The van der Waals surface area contributed by atoms with Crippen LogP contribution in [0.2, 0.25) is 0 Å². The lowest BCUT2D eigenvalue weighted by molar-refractivity contribution is -0.116. The molecule has 0 saturated heterocycles. The van der Waals surface area contributed by atoms with Crippen molar-refractivity contribution >= 4 is 17.4 Å². The third-order valence-corrected chi connectivity index (χ3v) is 4.42. The van der Waals surface area contributed by atoms with Crippen molar-refractivity contribution in [3.8, 4) is 11.4 Å². The quantitative estimate of drug-likeness (QED) is 0.607. The van der Waals surface area contributed by atoms with E-state index in [1.54, 1.807) is 24.3 Å². The van der Waals surface area contributed by atoms with Crippen LogP contribution in [0.4, 0.5) is 5.69 Å². The first kappa shape index (κ1) is 19.5. The van der Waals surface area contributed by atoms with E-state index < -0.39 is 0 Å². The van der Waals surface area contributed by atoms with Crippen LogP contribution >= 0.6 is 0 Å². The summed E-state index contributed by atoms with van der Waals surface area (Å²) in [6, 6.07) is 14.9. The number of carbonyl (C=O) groups excluding carboxylic acids is 2. The minimum absolute atomic E-state index is 0.0454. The number of ketones is 1. The summed E-state index contributed by atoms with van der Waals surface area (Å²) in [5, 5.41) is 6.78. The Kier molecular flexibility index (Phi) is 5.99. The molecule has 3 aromatic rings. The largest absolute Gasteiger partial charge is 0.339 e. The number of anilines is 1. The van der Waals surface area contributed by atoms with E-state index in [2.05, 4.69) is 41.4 Å². The highest BCUT2D eigenvalue weighted by molar-refractivity contribution is 5.97. The summed E-state index contributed by atoms with van der Waals surface area (Å²) in [6.07, 6.45) is 0.549. The molecule has 0 atom stereocenters. The average Bonchev–Trinajstić information content (AvgIpc) is 3.16. The Morgan fingerprint density at radius 3 is 2.54 bits per heavy atom. The third kappa shape index (κ3) is 4.91. The second-order valence-electron chi connectivity index (χ2n) is 6.97. The first-order chi connectivity index (χ1) is 13.4. The van der Waals surface area contributed by atoms with E-state index in [0.29, 0.717) is 35.3 Å². The van der Waals surface area contributed by atoms with Gasteiger partial charge in [0, 0.05) is 29.7 Å². The number of rotatable bonds is 7. The normalized spacial score (nSPS) is 10.9. The summed E-state index contributed by atoms with van der Waals surface area (Å²) < 4.78 is 5.26. The van der Waals surface area contributed by atoms with Gasteiger partial charge in [-0.25, -0.2) is 0 Å². The number of carbonyl (C=O) groups is 2. The monoisotopic (exact) mass is 377 g/mol. The molecule has 0 aliphatic carbocycles. The predicted molar refractivity (Wildman–Crippen MR) is 107 cm³/mol. The number of Topliss-reactive ketones (excluding diaryl/α,β-unsaturated/α-hetero) is 1. The van der Waals surface area contributed by atoms with Crippen LogP contribution in [0.5, 0.6) is 0 Å². The Morgan fingerprint density at radius 2 is 1.86 bits per heavy atom. The Bertz CT molecular complexity index is 975. The predicted octanol–water partition coefficient (Wildman–Crippen LogP) is 4.63. The zero-order chi connectivity index (χ0) is 20.1. The molecular weight excluding hydrogens is 354 g/mol. The first-order valence-corrected chi connectivity index (χ1v) is 9.26. The van der Waals surface area contributed by atoms with Crippen LogP contribution in [-0.4, -0.2) is 21.8 Å². The van der Waals surface area contributed by atoms with Gasteiger partial charge in [0.1, 0.15) is 0 Å². The van der Waals surface area contributed by atoms with E-state index in [1.807, 2.05) is 12.1 Å². The first-order valence-electron chi connectivity index (χ1n) is 9.26. The lowest BCUT2D eigenvalue weighted by atomic mass is 10.0. The number of aromatic nitrogens is 2. The van der Waals surface area contributed by atoms with Crippen molar-refractivity contribution < 1.29 is 14.1 Å². The van der Waals surface area contributed by atoms with Crippen molar-refractivity contribution in [2.75, 3.05) is 5.32 Å². The zero-order valence-corrected chi connectivity index (χ0v) is 16.2. The van der Waals surface area contributed by atoms with E-state index in [-0.39, 0.29) is 18.1 Å². The van der Waals surface area contributed by atoms with Crippen LogP contribution in [0, 0.1) is 0 Å². The summed E-state index contributed by atoms with van der Waals surface area (Å²) in [5.74, 6) is 1.16. The number of hydrogen-bond donors (Lipinski definition) is 1. The van der Waals surface area contributed by atoms with Crippen LogP contribution in [0.15, 0.2) is 53.1 Å². The average molecular weight is 377 g/mol. The molecule has 0 aliphatic heterocycles. The van der Waals surface area contributed by atoms with Crippen molar-refractivity contribution in [2.24, 2.45) is 0 Å². The fraction of sp³-hybridized carbons (Fsp3) is 0.273. The van der Waals surface area contributed by atoms with Crippen molar-refractivity contribution in [1.82, 2.24) is 10.1 Å². The minimum atomic E-state index is -0.179. The molecule has 0 saturated carbocycles. The van der Waals surface area contributed by atoms with Gasteiger partial charge in [0.15, 0.2) is 5.78 Å². The molecule has 0 fully saturated rings. The molecule has 0 unspecified atom stereocenters. The Hall–Kier alpha value is -3.28. The minimum Gasteiger partial charge on any atom is -0.339 e. The molecule has 144 valence electrons. The van der Waals surface area contributed by atoms with Crippen LogP contribution in [0.3, 0.4) is 0 Å². The summed E-state index contributed by atoms with van der Waals surface area (Å²) in [4.78, 5) is 28.0. The molecule has 0 spiro atoms. The second-order valence-corrected chi connectivity index (χ2v) is 6.97. The number of aryl methyl sites for hydroxylation is 1. The van der Waals surface area contributed by atoms with Gasteiger partial charge >= 0.3 is 0 Å². The molecule has 2 aromatic carbocycles. The number of amides is 1. The maximum Gasteiger partial charge on any atom is 0.227 e. The van der Waals surface area contributed by atoms with Crippen LogP contribution in [0.1, 0.15) is 54.9 Å². The number of nitrogens with zero attached hydrogens (tertiary/aromatic N) is 2. The summed E-state index contributed by atoms with van der Waals surface area (Å²) in [5.41, 5.74) is 3.28. The van der Waals surface area contributed by atoms with Crippen LogP contribution in [-0.2, 0) is 11.2 Å². The number of nitrogens with one attached hydrogen (secondary N) is 1. The van der Waals surface area contributed by atoms with E-state index >= 15 is 0 Å². The Labute approximate surface area is 164 Å². The summed E-state index contributed by atoms with van der Waals surface area (Å²) in [7, 11) is 0. The summed E-state index contributed by atoms with van der Waals surface area (Å²) in [6.45, 7) is 5.77. The Balaban J connectivity index is 1.57. The van der Waals surface area contributed by atoms with Gasteiger partial charge in [0.25, 0.3) is 0 Å². The molecule has 3 rings (SSSR count). The molecule has 1 aromatic heterocycles. The highest BCUT2D eigenvalue weighted by atomic mass is 16.5. The van der Waals surface area contributed by atoms with Crippen molar-refractivity contribution in [2.45, 2.75) is 39.5 Å². The van der Waals surface area contributed by atoms with Crippen LogP contribution in [0.25, 0.3) is 11.4 Å². The standard InChI is InChI=1S/C22H23N3O3/c1-14(2)16-7-9-17(10-8-16)22-24-21(28-25-22)12-11-20(27)23-19-6-4-5-18(13-19)15(3)26/h4-10,13-14H,11-12H2,1-3H3,(H,23,27). The second kappa shape index (κ2) is 8.61. The maximum absolute atomic E-state index is 12.2. The fourth-order valence-electron chi connectivity index (χ4n) is 2.75. The van der Waals surface area contributed by atoms with E-state index in [1.165, 1.54) is 12.5 Å². The van der Waals surface area contributed by atoms with Crippen LogP contribution < -0.4 is 5.32 Å². The molecule has 1 amide bonds. The van der Waals surface area contributed by atoms with Crippen molar-refractivity contribution in [1.29, 1.82) is 0 Å². The number of hydrogen-bond acceptors (Lipinski definition) is 5. The molecule has 6 nitrogen and oxygen atoms in total. The molecule has 6 heteroatoms. The molecule has 1 heterocycles. The zero-order valence-electron chi connectivity index (χ0n) is 16.2. The molecule has 0 radical (unpaired) electrons. The fourth-order valence-corrected chi connectivity index (χ4v) is 2.75. The van der Waals surface area contributed by atoms with Gasteiger partial charge in [-0.3, -0.25) is 9.59 Å². The van der Waals surface area contributed by atoms with Gasteiger partial charge in [0.05, 0.1) is 0 Å². The lowest BCUT2D eigenvalue weighted by Gasteiger charge is -2.05. The van der Waals surface area contributed by atoms with Gasteiger partial charge < -0.3 is 9.84 Å². The SMILES string of the molecule is CC(=O)c1cccc(NC(=O)CCc2nc(-c3ccc(C(C)C)cc3)no2)c1. The molecular formula is C22H23N3O3. The van der Waals surface area contributed by atoms with Gasteiger partial charge in [-0.2, -0.15) is 4.98 Å². The number of benzene rings is 2. The van der Waals surface area contributed by atoms with E-state index in [9.17, 15) is 9.59 Å². The van der Waals surface area contributed by atoms with Crippen molar-refractivity contribution in [3.63, 3.8) is 0 Å². The highest BCUT2D eigenvalue weighted by Crippen LogP contribution is 2.21. The van der Waals surface area contributed by atoms with Gasteiger partial charge in [-0.1, -0.05) is 55.4 Å².